The summed E-state index contributed by atoms with van der Waals surface area (Å²) in [6.07, 6.45) is 3.05. The maximum atomic E-state index is 5.36. The van der Waals surface area contributed by atoms with E-state index in [0.717, 1.165) is 17.7 Å². The van der Waals surface area contributed by atoms with E-state index in [9.17, 15) is 0 Å². The molecule has 2 nitrogen and oxygen atoms in total. The lowest BCUT2D eigenvalue weighted by Gasteiger charge is -2.20. The first-order valence-corrected chi connectivity index (χ1v) is 7.92. The molecular formula is C13H17BrN2S2. The average Bonchev–Trinajstić information content (AvgIpc) is 2.81. The van der Waals surface area contributed by atoms with E-state index >= 15 is 0 Å². The lowest BCUT2D eigenvalue weighted by atomic mass is 9.92. The van der Waals surface area contributed by atoms with Crippen LogP contribution in [-0.4, -0.2) is 9.55 Å². The van der Waals surface area contributed by atoms with Crippen molar-refractivity contribution in [1.82, 2.24) is 9.55 Å². The molecule has 0 fully saturated rings. The summed E-state index contributed by atoms with van der Waals surface area (Å²) < 4.78 is 4.21. The standard InChI is InChI=1S/C13H17BrN2S2/c1-13(2,3)10-8-15-12(17)16(10)7-6-9-4-5-11(14)18-9/h4-5,8H,6-7H2,1-3H3,(H,15,17). The molecule has 2 rings (SSSR count). The summed E-state index contributed by atoms with van der Waals surface area (Å²) >= 11 is 10.6. The Morgan fingerprint density at radius 3 is 2.67 bits per heavy atom. The van der Waals surface area contributed by atoms with Gasteiger partial charge < -0.3 is 9.55 Å². The number of thiophene rings is 1. The Hall–Kier alpha value is -0.390. The molecule has 0 amide bonds. The smallest absolute Gasteiger partial charge is 0.177 e. The third kappa shape index (κ3) is 3.13. The minimum Gasteiger partial charge on any atom is -0.337 e. The molecule has 0 spiro atoms. The number of rotatable bonds is 3. The highest BCUT2D eigenvalue weighted by atomic mass is 79.9. The molecule has 0 aromatic carbocycles. The largest absolute Gasteiger partial charge is 0.337 e. The van der Waals surface area contributed by atoms with Gasteiger partial charge in [-0.1, -0.05) is 20.8 Å². The quantitative estimate of drug-likeness (QED) is 0.784. The van der Waals surface area contributed by atoms with E-state index in [4.69, 9.17) is 12.2 Å². The van der Waals surface area contributed by atoms with Crippen molar-refractivity contribution in [3.8, 4) is 0 Å². The molecule has 0 saturated heterocycles. The minimum absolute atomic E-state index is 0.115. The SMILES string of the molecule is CC(C)(C)c1c[nH]c(=S)n1CCc1ccc(Br)s1. The number of hydrogen-bond donors (Lipinski definition) is 1. The van der Waals surface area contributed by atoms with Crippen LogP contribution in [0.15, 0.2) is 22.1 Å². The molecule has 18 heavy (non-hydrogen) atoms. The maximum Gasteiger partial charge on any atom is 0.177 e. The normalized spacial score (nSPS) is 12.0. The summed E-state index contributed by atoms with van der Waals surface area (Å²) in [5.41, 5.74) is 1.38. The molecule has 0 saturated carbocycles. The van der Waals surface area contributed by atoms with Gasteiger partial charge in [0.25, 0.3) is 0 Å². The fraction of sp³-hybridized carbons (Fsp3) is 0.462. The summed E-state index contributed by atoms with van der Waals surface area (Å²) in [6, 6.07) is 4.27. The Bertz CT molecular complexity index is 587. The van der Waals surface area contributed by atoms with E-state index in [1.165, 1.54) is 14.4 Å². The first-order valence-electron chi connectivity index (χ1n) is 5.91. The van der Waals surface area contributed by atoms with Crippen molar-refractivity contribution in [3.63, 3.8) is 0 Å². The fourth-order valence-corrected chi connectivity index (χ4v) is 3.67. The monoisotopic (exact) mass is 344 g/mol. The first-order chi connectivity index (χ1) is 8.38. The van der Waals surface area contributed by atoms with Gasteiger partial charge in [0.15, 0.2) is 4.77 Å². The lowest BCUT2D eigenvalue weighted by Crippen LogP contribution is -2.18. The summed E-state index contributed by atoms with van der Waals surface area (Å²) in [5.74, 6) is 0. The van der Waals surface area contributed by atoms with Crippen molar-refractivity contribution in [2.24, 2.45) is 0 Å². The van der Waals surface area contributed by atoms with Crippen molar-refractivity contribution in [3.05, 3.63) is 37.5 Å². The van der Waals surface area contributed by atoms with Gasteiger partial charge in [-0.3, -0.25) is 0 Å². The number of nitrogens with one attached hydrogen (secondary N) is 1. The molecule has 0 aliphatic heterocycles. The number of nitrogens with zero attached hydrogens (tertiary/aromatic N) is 1. The summed E-state index contributed by atoms with van der Waals surface area (Å²) in [7, 11) is 0. The highest BCUT2D eigenvalue weighted by Crippen LogP contribution is 2.25. The van der Waals surface area contributed by atoms with Gasteiger partial charge in [-0.15, -0.1) is 11.3 Å². The van der Waals surface area contributed by atoms with Gasteiger partial charge in [-0.2, -0.15) is 0 Å². The van der Waals surface area contributed by atoms with Crippen LogP contribution in [0.3, 0.4) is 0 Å². The van der Waals surface area contributed by atoms with E-state index in [2.05, 4.69) is 58.4 Å². The predicted octanol–water partition coefficient (Wildman–Crippen LogP) is 4.91. The third-order valence-corrected chi connectivity index (χ3v) is 4.87. The van der Waals surface area contributed by atoms with Crippen LogP contribution >= 0.6 is 39.5 Å². The van der Waals surface area contributed by atoms with Crippen LogP contribution in [0.5, 0.6) is 0 Å². The van der Waals surface area contributed by atoms with Crippen LogP contribution in [0.4, 0.5) is 0 Å². The Morgan fingerprint density at radius 2 is 2.11 bits per heavy atom. The number of imidazole rings is 1. The topological polar surface area (TPSA) is 20.7 Å². The van der Waals surface area contributed by atoms with Gasteiger partial charge in [-0.05, 0) is 46.7 Å². The van der Waals surface area contributed by atoms with Crippen molar-refractivity contribution in [2.45, 2.75) is 39.2 Å². The van der Waals surface area contributed by atoms with Gasteiger partial charge in [-0.25, -0.2) is 0 Å². The first kappa shape index (κ1) is 14.0. The third-order valence-electron chi connectivity index (χ3n) is 2.85. The van der Waals surface area contributed by atoms with Crippen molar-refractivity contribution in [2.75, 3.05) is 0 Å². The van der Waals surface area contributed by atoms with Gasteiger partial charge >= 0.3 is 0 Å². The number of hydrogen-bond acceptors (Lipinski definition) is 2. The zero-order valence-corrected chi connectivity index (χ0v) is 14.0. The van der Waals surface area contributed by atoms with Gasteiger partial charge in [0, 0.05) is 28.7 Å². The second-order valence-corrected chi connectivity index (χ2v) is 8.27. The van der Waals surface area contributed by atoms with Gasteiger partial charge in [0.1, 0.15) is 0 Å². The maximum absolute atomic E-state index is 5.36. The Kier molecular flexibility index (Phi) is 4.14. The Balaban J connectivity index is 2.19. The number of aryl methyl sites for hydroxylation is 1. The molecule has 0 aliphatic rings. The molecule has 2 heterocycles. The number of halogens is 1. The Labute approximate surface area is 125 Å². The molecule has 0 aliphatic carbocycles. The number of aromatic amines is 1. The molecule has 0 bridgehead atoms. The van der Waals surface area contributed by atoms with E-state index in [1.807, 2.05) is 6.20 Å². The molecule has 5 heteroatoms. The van der Waals surface area contributed by atoms with Crippen molar-refractivity contribution < 1.29 is 0 Å². The summed E-state index contributed by atoms with van der Waals surface area (Å²) in [6.45, 7) is 7.57. The molecule has 2 aromatic heterocycles. The molecule has 2 aromatic rings. The lowest BCUT2D eigenvalue weighted by molar-refractivity contribution is 0.514. The zero-order chi connectivity index (χ0) is 13.3. The molecule has 1 N–H and O–H groups in total. The molecule has 0 atom stereocenters. The molecule has 0 radical (unpaired) electrons. The molecule has 98 valence electrons. The summed E-state index contributed by atoms with van der Waals surface area (Å²) in [4.78, 5) is 4.54. The fourth-order valence-electron chi connectivity index (χ4n) is 1.95. The highest BCUT2D eigenvalue weighted by Gasteiger charge is 2.19. The highest BCUT2D eigenvalue weighted by molar-refractivity contribution is 9.11. The van der Waals surface area contributed by atoms with Gasteiger partial charge in [0.2, 0.25) is 0 Å². The van der Waals surface area contributed by atoms with E-state index < -0.39 is 0 Å². The van der Waals surface area contributed by atoms with E-state index in [1.54, 1.807) is 11.3 Å². The number of aromatic nitrogens is 2. The number of H-pyrrole nitrogens is 1. The van der Waals surface area contributed by atoms with Crippen LogP contribution in [-0.2, 0) is 18.4 Å². The molecule has 0 unspecified atom stereocenters. The minimum atomic E-state index is 0.115. The van der Waals surface area contributed by atoms with Gasteiger partial charge in [0.05, 0.1) is 3.79 Å². The van der Waals surface area contributed by atoms with Crippen LogP contribution in [0.2, 0.25) is 0 Å². The van der Waals surface area contributed by atoms with Crippen LogP contribution in [0, 0.1) is 4.77 Å². The van der Waals surface area contributed by atoms with Crippen molar-refractivity contribution >= 4 is 39.5 Å². The zero-order valence-electron chi connectivity index (χ0n) is 10.8. The van der Waals surface area contributed by atoms with E-state index in [-0.39, 0.29) is 5.41 Å². The summed E-state index contributed by atoms with van der Waals surface area (Å²) in [5, 5.41) is 0. The van der Waals surface area contributed by atoms with Crippen LogP contribution in [0.1, 0.15) is 31.3 Å². The predicted molar refractivity (Wildman–Crippen MR) is 84.0 cm³/mol. The van der Waals surface area contributed by atoms with Crippen molar-refractivity contribution in [1.29, 1.82) is 0 Å². The van der Waals surface area contributed by atoms with Crippen LogP contribution in [0.25, 0.3) is 0 Å². The second kappa shape index (κ2) is 5.31. The van der Waals surface area contributed by atoms with E-state index in [0.29, 0.717) is 0 Å². The second-order valence-electron chi connectivity index (χ2n) is 5.34. The molecular weight excluding hydrogens is 328 g/mol. The van der Waals surface area contributed by atoms with Crippen LogP contribution < -0.4 is 0 Å². The Morgan fingerprint density at radius 1 is 1.39 bits per heavy atom. The average molecular weight is 345 g/mol.